The molecule has 17 heavy (non-hydrogen) atoms. The summed E-state index contributed by atoms with van der Waals surface area (Å²) in [6, 6.07) is 10.2. The van der Waals surface area contributed by atoms with E-state index in [4.69, 9.17) is 5.11 Å². The lowest BCUT2D eigenvalue weighted by Crippen LogP contribution is -2.06. The van der Waals surface area contributed by atoms with E-state index in [0.29, 0.717) is 0 Å². The van der Waals surface area contributed by atoms with Crippen molar-refractivity contribution in [1.29, 1.82) is 0 Å². The fraction of sp³-hybridized carbons (Fsp3) is 0.214. The number of rotatable bonds is 3. The van der Waals surface area contributed by atoms with Crippen LogP contribution in [0.4, 0.5) is 0 Å². The molecule has 2 aromatic rings. The number of carboxylic acids is 1. The minimum Gasteiger partial charge on any atom is -0.481 e. The van der Waals surface area contributed by atoms with Gasteiger partial charge in [-0.1, -0.05) is 29.8 Å². The lowest BCUT2D eigenvalue weighted by molar-refractivity contribution is -0.138. The Morgan fingerprint density at radius 1 is 1.24 bits per heavy atom. The van der Waals surface area contributed by atoms with Gasteiger partial charge in [-0.05, 0) is 36.4 Å². The van der Waals surface area contributed by atoms with Gasteiger partial charge >= 0.3 is 5.97 Å². The molecular weight excluding hydrogens is 232 g/mol. The van der Waals surface area contributed by atoms with Crippen molar-refractivity contribution in [3.63, 3.8) is 0 Å². The van der Waals surface area contributed by atoms with Crippen molar-refractivity contribution >= 4 is 17.3 Å². The molecule has 0 aliphatic heterocycles. The summed E-state index contributed by atoms with van der Waals surface area (Å²) in [6.45, 7) is 3.77. The number of aliphatic carboxylic acids is 1. The Morgan fingerprint density at radius 2 is 1.88 bits per heavy atom. The number of benzene rings is 1. The van der Waals surface area contributed by atoms with Gasteiger partial charge in [0.05, 0.1) is 5.92 Å². The van der Waals surface area contributed by atoms with Gasteiger partial charge in [-0.2, -0.15) is 0 Å². The zero-order valence-electron chi connectivity index (χ0n) is 9.81. The van der Waals surface area contributed by atoms with Crippen LogP contribution in [0.15, 0.2) is 35.7 Å². The van der Waals surface area contributed by atoms with E-state index in [1.165, 1.54) is 16.9 Å². The first kappa shape index (κ1) is 11.9. The van der Waals surface area contributed by atoms with Crippen molar-refractivity contribution < 1.29 is 9.90 Å². The maximum atomic E-state index is 11.0. The van der Waals surface area contributed by atoms with E-state index >= 15 is 0 Å². The molecule has 0 bridgehead atoms. The Labute approximate surface area is 105 Å². The second-order valence-electron chi connectivity index (χ2n) is 4.12. The highest BCUT2D eigenvalue weighted by molar-refractivity contribution is 7.10. The van der Waals surface area contributed by atoms with E-state index in [-0.39, 0.29) is 0 Å². The van der Waals surface area contributed by atoms with E-state index < -0.39 is 11.9 Å². The highest BCUT2D eigenvalue weighted by Crippen LogP contribution is 2.34. The smallest absolute Gasteiger partial charge is 0.311 e. The molecule has 0 radical (unpaired) electrons. The molecule has 88 valence electrons. The number of carboxylic acid groups (broad SMARTS) is 1. The third-order valence-electron chi connectivity index (χ3n) is 2.82. The van der Waals surface area contributed by atoms with Crippen LogP contribution >= 0.6 is 11.3 Å². The summed E-state index contributed by atoms with van der Waals surface area (Å²) >= 11 is 1.50. The number of thiophene rings is 1. The molecule has 3 heteroatoms. The van der Waals surface area contributed by atoms with Gasteiger partial charge in [0.1, 0.15) is 0 Å². The average Bonchev–Trinajstić information content (AvgIpc) is 2.77. The predicted octanol–water partition coefficient (Wildman–Crippen LogP) is 3.91. The lowest BCUT2D eigenvalue weighted by Gasteiger charge is -2.08. The van der Waals surface area contributed by atoms with Gasteiger partial charge in [0.25, 0.3) is 0 Å². The second kappa shape index (κ2) is 4.72. The van der Waals surface area contributed by atoms with Crippen molar-refractivity contribution in [1.82, 2.24) is 0 Å². The highest BCUT2D eigenvalue weighted by Gasteiger charge is 2.19. The molecule has 0 aliphatic carbocycles. The number of carbonyl (C=O) groups is 1. The van der Waals surface area contributed by atoms with Crippen LogP contribution < -0.4 is 0 Å². The molecule has 0 amide bonds. The zero-order valence-corrected chi connectivity index (χ0v) is 10.6. The summed E-state index contributed by atoms with van der Waals surface area (Å²) in [7, 11) is 0. The van der Waals surface area contributed by atoms with Crippen LogP contribution in [-0.4, -0.2) is 11.1 Å². The predicted molar refractivity (Wildman–Crippen MR) is 70.5 cm³/mol. The first-order valence-electron chi connectivity index (χ1n) is 5.47. The van der Waals surface area contributed by atoms with Gasteiger partial charge < -0.3 is 5.11 Å². The van der Waals surface area contributed by atoms with Crippen LogP contribution in [0.5, 0.6) is 0 Å². The maximum Gasteiger partial charge on any atom is 0.311 e. The minimum atomic E-state index is -0.777. The van der Waals surface area contributed by atoms with Crippen LogP contribution in [0.25, 0.3) is 11.1 Å². The summed E-state index contributed by atoms with van der Waals surface area (Å²) in [5, 5.41) is 11.0. The summed E-state index contributed by atoms with van der Waals surface area (Å²) < 4.78 is 0. The largest absolute Gasteiger partial charge is 0.481 e. The van der Waals surface area contributed by atoms with Crippen LogP contribution in [0.2, 0.25) is 0 Å². The molecule has 1 N–H and O–H groups in total. The molecule has 0 fully saturated rings. The Morgan fingerprint density at radius 3 is 2.47 bits per heavy atom. The zero-order chi connectivity index (χ0) is 12.4. The Kier molecular flexibility index (Phi) is 3.29. The standard InChI is InChI=1S/C14H14O2S/c1-9-3-5-11(6-4-9)12-7-8-17-13(12)10(2)14(15)16/h3-8,10H,1-2H3,(H,15,16). The van der Waals surface area contributed by atoms with Gasteiger partial charge in [0.2, 0.25) is 0 Å². The Bertz CT molecular complexity index is 525. The van der Waals surface area contributed by atoms with Crippen LogP contribution in [0.3, 0.4) is 0 Å². The van der Waals surface area contributed by atoms with Gasteiger partial charge in [0, 0.05) is 4.88 Å². The third kappa shape index (κ3) is 2.39. The molecule has 0 saturated carbocycles. The van der Waals surface area contributed by atoms with Gasteiger partial charge in [-0.15, -0.1) is 11.3 Å². The van der Waals surface area contributed by atoms with E-state index in [1.807, 2.05) is 42.6 Å². The number of hydrogen-bond acceptors (Lipinski definition) is 2. The normalized spacial score (nSPS) is 12.4. The van der Waals surface area contributed by atoms with Crippen LogP contribution in [0.1, 0.15) is 23.3 Å². The van der Waals surface area contributed by atoms with E-state index in [9.17, 15) is 4.79 Å². The van der Waals surface area contributed by atoms with Gasteiger partial charge in [0.15, 0.2) is 0 Å². The number of aryl methyl sites for hydroxylation is 1. The minimum absolute atomic E-state index is 0.452. The molecule has 1 atom stereocenters. The second-order valence-corrected chi connectivity index (χ2v) is 5.07. The molecule has 1 aromatic carbocycles. The molecule has 2 rings (SSSR count). The molecule has 0 saturated heterocycles. The van der Waals surface area contributed by atoms with Crippen molar-refractivity contribution in [2.75, 3.05) is 0 Å². The van der Waals surface area contributed by atoms with E-state index in [0.717, 1.165) is 16.0 Å². The summed E-state index contributed by atoms with van der Waals surface area (Å²) in [4.78, 5) is 12.0. The van der Waals surface area contributed by atoms with Crippen molar-refractivity contribution in [2.24, 2.45) is 0 Å². The fourth-order valence-corrected chi connectivity index (χ4v) is 2.71. The summed E-state index contributed by atoms with van der Waals surface area (Å²) in [6.07, 6.45) is 0. The first-order valence-corrected chi connectivity index (χ1v) is 6.35. The molecule has 0 spiro atoms. The Hall–Kier alpha value is -1.61. The molecule has 1 aromatic heterocycles. The average molecular weight is 246 g/mol. The molecule has 1 heterocycles. The van der Waals surface area contributed by atoms with Gasteiger partial charge in [-0.25, -0.2) is 0 Å². The Balaban J connectivity index is 2.43. The first-order chi connectivity index (χ1) is 8.09. The monoisotopic (exact) mass is 246 g/mol. The topological polar surface area (TPSA) is 37.3 Å². The van der Waals surface area contributed by atoms with E-state index in [1.54, 1.807) is 6.92 Å². The summed E-state index contributed by atoms with van der Waals surface area (Å²) in [5.41, 5.74) is 3.32. The van der Waals surface area contributed by atoms with Crippen molar-refractivity contribution in [3.8, 4) is 11.1 Å². The SMILES string of the molecule is Cc1ccc(-c2ccsc2C(C)C(=O)O)cc1. The summed E-state index contributed by atoms with van der Waals surface area (Å²) in [5.74, 6) is -1.23. The molecular formula is C14H14O2S. The quantitative estimate of drug-likeness (QED) is 0.891. The van der Waals surface area contributed by atoms with E-state index in [2.05, 4.69) is 0 Å². The van der Waals surface area contributed by atoms with Crippen molar-refractivity contribution in [2.45, 2.75) is 19.8 Å². The van der Waals surface area contributed by atoms with Crippen molar-refractivity contribution in [3.05, 3.63) is 46.2 Å². The van der Waals surface area contributed by atoms with Crippen LogP contribution in [0, 0.1) is 6.92 Å². The van der Waals surface area contributed by atoms with Gasteiger partial charge in [-0.3, -0.25) is 4.79 Å². The van der Waals surface area contributed by atoms with Crippen LogP contribution in [-0.2, 0) is 4.79 Å². The molecule has 2 nitrogen and oxygen atoms in total. The molecule has 0 aliphatic rings. The maximum absolute atomic E-state index is 11.0. The third-order valence-corrected chi connectivity index (χ3v) is 3.92. The lowest BCUT2D eigenvalue weighted by atomic mass is 10.00. The molecule has 1 unspecified atom stereocenters. The number of hydrogen-bond donors (Lipinski definition) is 1. The fourth-order valence-electron chi connectivity index (χ4n) is 1.74. The highest BCUT2D eigenvalue weighted by atomic mass is 32.1.